The summed E-state index contributed by atoms with van der Waals surface area (Å²) in [5.41, 5.74) is -0.460. The summed E-state index contributed by atoms with van der Waals surface area (Å²) >= 11 is 0. The third-order valence-corrected chi connectivity index (χ3v) is 2.49. The lowest BCUT2D eigenvalue weighted by atomic mass is 9.74. The number of nitrogens with one attached hydrogen (secondary N) is 1. The number of hydrogen-bond acceptors (Lipinski definition) is 3. The summed E-state index contributed by atoms with van der Waals surface area (Å²) in [6.07, 6.45) is 1.58. The zero-order valence-corrected chi connectivity index (χ0v) is 9.54. The topological polar surface area (TPSA) is 62.1 Å². The van der Waals surface area contributed by atoms with Crippen molar-refractivity contribution in [1.29, 1.82) is 5.26 Å². The van der Waals surface area contributed by atoms with E-state index in [1.165, 1.54) is 0 Å². The Balaban J connectivity index is 2.21. The van der Waals surface area contributed by atoms with E-state index < -0.39 is 11.7 Å². The van der Waals surface area contributed by atoms with Gasteiger partial charge in [-0.25, -0.2) is 4.79 Å². The largest absolute Gasteiger partial charge is 0.444 e. The second kappa shape index (κ2) is 4.52. The SMILES string of the molecule is CC(C)(C)OC(=O)NC[C@@H]1CC[C@@H]1C#N. The highest BCUT2D eigenvalue weighted by atomic mass is 16.6. The lowest BCUT2D eigenvalue weighted by Crippen LogP contribution is -2.39. The zero-order chi connectivity index (χ0) is 11.5. The Morgan fingerprint density at radius 3 is 2.60 bits per heavy atom. The van der Waals surface area contributed by atoms with Crippen LogP contribution in [0.2, 0.25) is 0 Å². The normalized spacial score (nSPS) is 24.9. The molecule has 1 amide bonds. The molecule has 0 aromatic rings. The van der Waals surface area contributed by atoms with Crippen LogP contribution in [-0.2, 0) is 4.74 Å². The van der Waals surface area contributed by atoms with Crippen LogP contribution in [0.3, 0.4) is 0 Å². The first kappa shape index (κ1) is 11.8. The van der Waals surface area contributed by atoms with Gasteiger partial charge in [-0.15, -0.1) is 0 Å². The van der Waals surface area contributed by atoms with Crippen LogP contribution in [0.25, 0.3) is 0 Å². The van der Waals surface area contributed by atoms with Gasteiger partial charge in [-0.3, -0.25) is 0 Å². The number of nitriles is 1. The molecule has 4 heteroatoms. The minimum absolute atomic E-state index is 0.111. The average molecular weight is 210 g/mol. The maximum Gasteiger partial charge on any atom is 0.407 e. The molecular weight excluding hydrogens is 192 g/mol. The van der Waals surface area contributed by atoms with Crippen LogP contribution in [0.1, 0.15) is 33.6 Å². The maximum absolute atomic E-state index is 11.3. The van der Waals surface area contributed by atoms with Crippen LogP contribution in [-0.4, -0.2) is 18.2 Å². The molecule has 0 aromatic heterocycles. The molecule has 0 aliphatic heterocycles. The Kier molecular flexibility index (Phi) is 3.57. The number of ether oxygens (including phenoxy) is 1. The molecule has 15 heavy (non-hydrogen) atoms. The number of amides is 1. The fraction of sp³-hybridized carbons (Fsp3) is 0.818. The van der Waals surface area contributed by atoms with E-state index in [-0.39, 0.29) is 5.92 Å². The van der Waals surface area contributed by atoms with Gasteiger partial charge in [0.25, 0.3) is 0 Å². The van der Waals surface area contributed by atoms with Gasteiger partial charge >= 0.3 is 6.09 Å². The molecule has 0 unspecified atom stereocenters. The molecule has 1 fully saturated rings. The first-order chi connectivity index (χ1) is 6.92. The molecule has 0 saturated heterocycles. The van der Waals surface area contributed by atoms with Crippen molar-refractivity contribution in [2.45, 2.75) is 39.2 Å². The second-order valence-electron chi connectivity index (χ2n) is 4.96. The van der Waals surface area contributed by atoms with E-state index in [2.05, 4.69) is 11.4 Å². The molecule has 0 bridgehead atoms. The summed E-state index contributed by atoms with van der Waals surface area (Å²) in [6.45, 7) is 6.03. The minimum atomic E-state index is -0.460. The molecule has 0 heterocycles. The predicted octanol–water partition coefficient (Wildman–Crippen LogP) is 2.06. The Hall–Kier alpha value is -1.24. The van der Waals surface area contributed by atoms with Crippen molar-refractivity contribution in [2.75, 3.05) is 6.54 Å². The predicted molar refractivity (Wildman–Crippen MR) is 56.1 cm³/mol. The van der Waals surface area contributed by atoms with Crippen molar-refractivity contribution in [1.82, 2.24) is 5.32 Å². The first-order valence-electron chi connectivity index (χ1n) is 5.29. The second-order valence-corrected chi connectivity index (χ2v) is 4.96. The first-order valence-corrected chi connectivity index (χ1v) is 5.29. The van der Waals surface area contributed by atoms with E-state index in [9.17, 15) is 4.79 Å². The van der Waals surface area contributed by atoms with Crippen molar-refractivity contribution in [3.8, 4) is 6.07 Å². The monoisotopic (exact) mass is 210 g/mol. The quantitative estimate of drug-likeness (QED) is 0.758. The van der Waals surface area contributed by atoms with Crippen molar-refractivity contribution in [2.24, 2.45) is 11.8 Å². The van der Waals surface area contributed by atoms with Crippen LogP contribution in [0, 0.1) is 23.2 Å². The van der Waals surface area contributed by atoms with Gasteiger partial charge in [-0.1, -0.05) is 0 Å². The van der Waals surface area contributed by atoms with E-state index in [4.69, 9.17) is 10.00 Å². The van der Waals surface area contributed by atoms with E-state index in [0.717, 1.165) is 12.8 Å². The van der Waals surface area contributed by atoms with Gasteiger partial charge in [-0.05, 0) is 39.5 Å². The van der Waals surface area contributed by atoms with Crippen LogP contribution in [0.15, 0.2) is 0 Å². The molecule has 0 spiro atoms. The van der Waals surface area contributed by atoms with Gasteiger partial charge in [0.2, 0.25) is 0 Å². The minimum Gasteiger partial charge on any atom is -0.444 e. The maximum atomic E-state index is 11.3. The highest BCUT2D eigenvalue weighted by Gasteiger charge is 2.31. The summed E-state index contributed by atoms with van der Waals surface area (Å²) < 4.78 is 5.09. The van der Waals surface area contributed by atoms with E-state index in [0.29, 0.717) is 12.5 Å². The molecule has 1 aliphatic carbocycles. The van der Waals surface area contributed by atoms with Crippen LogP contribution >= 0.6 is 0 Å². The zero-order valence-electron chi connectivity index (χ0n) is 9.54. The lowest BCUT2D eigenvalue weighted by Gasteiger charge is -2.31. The van der Waals surface area contributed by atoms with Crippen molar-refractivity contribution < 1.29 is 9.53 Å². The standard InChI is InChI=1S/C11H18N2O2/c1-11(2,3)15-10(14)13-7-9-5-4-8(9)6-12/h8-9H,4-5,7H2,1-3H3,(H,13,14)/t8-,9+/m1/s1. The molecule has 4 nitrogen and oxygen atoms in total. The molecular formula is C11H18N2O2. The Morgan fingerprint density at radius 2 is 2.20 bits per heavy atom. The fourth-order valence-corrected chi connectivity index (χ4v) is 1.51. The van der Waals surface area contributed by atoms with Crippen LogP contribution < -0.4 is 5.32 Å². The summed E-state index contributed by atoms with van der Waals surface area (Å²) in [5, 5.41) is 11.4. The molecule has 0 radical (unpaired) electrons. The number of carbonyl (C=O) groups excluding carboxylic acids is 1. The fourth-order valence-electron chi connectivity index (χ4n) is 1.51. The van der Waals surface area contributed by atoms with E-state index in [1.807, 2.05) is 20.8 Å². The number of hydrogen-bond donors (Lipinski definition) is 1. The molecule has 1 aliphatic rings. The number of rotatable bonds is 2. The molecule has 1 N–H and O–H groups in total. The number of carbonyl (C=O) groups is 1. The Bertz CT molecular complexity index is 275. The van der Waals surface area contributed by atoms with E-state index >= 15 is 0 Å². The van der Waals surface area contributed by atoms with Gasteiger partial charge < -0.3 is 10.1 Å². The highest BCUT2D eigenvalue weighted by Crippen LogP contribution is 2.32. The summed E-state index contributed by atoms with van der Waals surface area (Å²) in [5.74, 6) is 0.419. The van der Waals surface area contributed by atoms with E-state index in [1.54, 1.807) is 0 Å². The third kappa shape index (κ3) is 3.78. The summed E-state index contributed by atoms with van der Waals surface area (Å²) in [6, 6.07) is 2.23. The summed E-state index contributed by atoms with van der Waals surface area (Å²) in [7, 11) is 0. The smallest absolute Gasteiger partial charge is 0.407 e. The van der Waals surface area contributed by atoms with Crippen LogP contribution in [0.5, 0.6) is 0 Å². The number of nitrogens with zero attached hydrogens (tertiary/aromatic N) is 1. The lowest BCUT2D eigenvalue weighted by molar-refractivity contribution is 0.0502. The summed E-state index contributed by atoms with van der Waals surface area (Å²) in [4.78, 5) is 11.3. The van der Waals surface area contributed by atoms with Crippen molar-refractivity contribution in [3.05, 3.63) is 0 Å². The molecule has 2 atom stereocenters. The van der Waals surface area contributed by atoms with Crippen molar-refractivity contribution >= 4 is 6.09 Å². The van der Waals surface area contributed by atoms with Gasteiger partial charge in [0, 0.05) is 6.54 Å². The Morgan fingerprint density at radius 1 is 1.53 bits per heavy atom. The molecule has 1 rings (SSSR count). The van der Waals surface area contributed by atoms with Crippen LogP contribution in [0.4, 0.5) is 4.79 Å². The van der Waals surface area contributed by atoms with Gasteiger partial charge in [0.15, 0.2) is 0 Å². The highest BCUT2D eigenvalue weighted by molar-refractivity contribution is 5.67. The molecule has 84 valence electrons. The van der Waals surface area contributed by atoms with Crippen molar-refractivity contribution in [3.63, 3.8) is 0 Å². The van der Waals surface area contributed by atoms with Gasteiger partial charge in [-0.2, -0.15) is 5.26 Å². The Labute approximate surface area is 90.6 Å². The third-order valence-electron chi connectivity index (χ3n) is 2.49. The average Bonchev–Trinajstić information content (AvgIpc) is 1.99. The van der Waals surface area contributed by atoms with Gasteiger partial charge in [0.1, 0.15) is 5.60 Å². The molecule has 1 saturated carbocycles. The molecule has 0 aromatic carbocycles. The number of alkyl carbamates (subject to hydrolysis) is 1. The van der Waals surface area contributed by atoms with Gasteiger partial charge in [0.05, 0.1) is 12.0 Å².